The predicted octanol–water partition coefficient (Wildman–Crippen LogP) is 0.257. The first-order valence-electron chi connectivity index (χ1n) is 8.66. The molecular formula is C19H22N3O4S+. The number of benzene rings is 1. The van der Waals surface area contributed by atoms with Gasteiger partial charge in [0, 0.05) is 16.9 Å². The quantitative estimate of drug-likeness (QED) is 0.641. The summed E-state index contributed by atoms with van der Waals surface area (Å²) in [6.45, 7) is 0.909. The Morgan fingerprint density at radius 2 is 1.96 bits per heavy atom. The summed E-state index contributed by atoms with van der Waals surface area (Å²) < 4.78 is 4.91. The van der Waals surface area contributed by atoms with Gasteiger partial charge in [0.1, 0.15) is 6.54 Å². The molecule has 0 fully saturated rings. The van der Waals surface area contributed by atoms with Gasteiger partial charge in [-0.3, -0.25) is 10.1 Å². The van der Waals surface area contributed by atoms with Crippen LogP contribution in [0.1, 0.15) is 16.0 Å². The topological polar surface area (TPSA) is 88.9 Å². The van der Waals surface area contributed by atoms with E-state index in [4.69, 9.17) is 4.74 Å². The number of quaternary nitrogens is 1. The lowest BCUT2D eigenvalue weighted by Crippen LogP contribution is -3.17. The Labute approximate surface area is 161 Å². The van der Waals surface area contributed by atoms with Gasteiger partial charge in [0.2, 0.25) is 0 Å². The Bertz CT molecular complexity index is 822. The number of amides is 3. The van der Waals surface area contributed by atoms with Gasteiger partial charge in [0.15, 0.2) is 12.6 Å². The smallest absolute Gasteiger partial charge is 0.365 e. The molecule has 1 aliphatic heterocycles. The molecule has 1 aliphatic rings. The van der Waals surface area contributed by atoms with E-state index in [9.17, 15) is 14.4 Å². The van der Waals surface area contributed by atoms with Crippen molar-refractivity contribution in [2.24, 2.45) is 0 Å². The van der Waals surface area contributed by atoms with Gasteiger partial charge < -0.3 is 15.0 Å². The van der Waals surface area contributed by atoms with Crippen molar-refractivity contribution in [3.8, 4) is 0 Å². The molecule has 0 saturated heterocycles. The van der Waals surface area contributed by atoms with E-state index in [1.807, 2.05) is 41.8 Å². The highest BCUT2D eigenvalue weighted by Gasteiger charge is 2.37. The fourth-order valence-electron chi connectivity index (χ4n) is 3.24. The van der Waals surface area contributed by atoms with Crippen LogP contribution in [0.5, 0.6) is 0 Å². The Morgan fingerprint density at radius 1 is 1.19 bits per heavy atom. The first-order chi connectivity index (χ1) is 13.1. The van der Waals surface area contributed by atoms with Crippen molar-refractivity contribution in [3.05, 3.63) is 57.8 Å². The second-order valence-corrected chi connectivity index (χ2v) is 7.40. The van der Waals surface area contributed by atoms with Gasteiger partial charge in [-0.1, -0.05) is 30.3 Å². The molecular weight excluding hydrogens is 366 g/mol. The normalized spacial score (nSPS) is 18.3. The third kappa shape index (κ3) is 4.93. The van der Waals surface area contributed by atoms with Crippen molar-refractivity contribution >= 4 is 29.2 Å². The van der Waals surface area contributed by atoms with E-state index in [-0.39, 0.29) is 12.5 Å². The summed E-state index contributed by atoms with van der Waals surface area (Å²) in [6.07, 6.45) is 0.510. The maximum atomic E-state index is 12.3. The fraction of sp³-hybridized carbons (Fsp3) is 0.316. The largest absolute Gasteiger partial charge is 0.465 e. The van der Waals surface area contributed by atoms with Gasteiger partial charge >= 0.3 is 12.0 Å². The molecule has 0 aliphatic carbocycles. The van der Waals surface area contributed by atoms with Gasteiger partial charge in [0.25, 0.3) is 5.91 Å². The second-order valence-electron chi connectivity index (χ2n) is 6.37. The summed E-state index contributed by atoms with van der Waals surface area (Å²) in [7, 11) is 1.35. The van der Waals surface area contributed by atoms with Crippen molar-refractivity contribution in [1.82, 2.24) is 10.6 Å². The zero-order valence-electron chi connectivity index (χ0n) is 15.0. The van der Waals surface area contributed by atoms with Crippen LogP contribution in [0.25, 0.3) is 0 Å². The molecule has 0 radical (unpaired) electrons. The highest BCUT2D eigenvalue weighted by molar-refractivity contribution is 7.09. The number of hydrogen-bond acceptors (Lipinski definition) is 5. The Morgan fingerprint density at radius 3 is 2.67 bits per heavy atom. The van der Waals surface area contributed by atoms with Crippen LogP contribution < -0.4 is 15.5 Å². The number of imide groups is 1. The molecule has 1 aromatic carbocycles. The molecule has 142 valence electrons. The maximum absolute atomic E-state index is 12.3. The minimum atomic E-state index is -0.542. The summed E-state index contributed by atoms with van der Waals surface area (Å²) in [5, 5.41) is 6.91. The molecule has 2 heterocycles. The van der Waals surface area contributed by atoms with E-state index in [1.54, 1.807) is 0 Å². The molecule has 3 N–H and O–H groups in total. The number of urea groups is 1. The number of methoxy groups -OCH3 is 1. The highest BCUT2D eigenvalue weighted by atomic mass is 32.1. The van der Waals surface area contributed by atoms with Gasteiger partial charge in [-0.25, -0.2) is 9.59 Å². The Kier molecular flexibility index (Phi) is 6.20. The Balaban J connectivity index is 1.59. The first kappa shape index (κ1) is 19.1. The van der Waals surface area contributed by atoms with Crippen LogP contribution in [0, 0.1) is 0 Å². The third-order valence-corrected chi connectivity index (χ3v) is 5.46. The van der Waals surface area contributed by atoms with E-state index in [1.165, 1.54) is 18.4 Å². The average molecular weight is 388 g/mol. The number of thiophene rings is 1. The standard InChI is InChI=1S/C19H21N3O4S/c1-26-18(24)16-9-13-5-2-3-6-14(13)11-22(16)12-17(23)21-19(25)20-10-15-7-4-8-27-15/h2-8,16H,9-12H2,1H3,(H2,20,21,23,25)/p+1/t16-/m0/s1. The monoisotopic (exact) mass is 388 g/mol. The van der Waals surface area contributed by atoms with Crippen LogP contribution in [0.3, 0.4) is 0 Å². The second kappa shape index (κ2) is 8.79. The number of esters is 1. The van der Waals surface area contributed by atoms with Crippen molar-refractivity contribution in [2.75, 3.05) is 13.7 Å². The fourth-order valence-corrected chi connectivity index (χ4v) is 3.89. The minimum Gasteiger partial charge on any atom is -0.465 e. The Hall–Kier alpha value is -2.71. The first-order valence-corrected chi connectivity index (χ1v) is 9.54. The molecule has 7 nitrogen and oxygen atoms in total. The lowest BCUT2D eigenvalue weighted by molar-refractivity contribution is -0.924. The van der Waals surface area contributed by atoms with Gasteiger partial charge in [-0.15, -0.1) is 11.3 Å². The third-order valence-electron chi connectivity index (χ3n) is 4.58. The van der Waals surface area contributed by atoms with Crippen molar-refractivity contribution in [3.63, 3.8) is 0 Å². The molecule has 8 heteroatoms. The molecule has 27 heavy (non-hydrogen) atoms. The molecule has 1 aromatic heterocycles. The highest BCUT2D eigenvalue weighted by Crippen LogP contribution is 2.14. The zero-order valence-corrected chi connectivity index (χ0v) is 15.8. The van der Waals surface area contributed by atoms with E-state index in [2.05, 4.69) is 10.6 Å². The molecule has 1 unspecified atom stereocenters. The number of fused-ring (bicyclic) bond motifs is 1. The maximum Gasteiger partial charge on any atom is 0.365 e. The van der Waals surface area contributed by atoms with Crippen molar-refractivity contribution < 1.29 is 24.0 Å². The van der Waals surface area contributed by atoms with Crippen LogP contribution in [-0.2, 0) is 33.8 Å². The number of carbonyl (C=O) groups is 3. The zero-order chi connectivity index (χ0) is 19.2. The molecule has 0 saturated carbocycles. The number of rotatable bonds is 5. The summed E-state index contributed by atoms with van der Waals surface area (Å²) in [5.74, 6) is -0.781. The van der Waals surface area contributed by atoms with E-state index < -0.39 is 18.0 Å². The molecule has 2 aromatic rings. The van der Waals surface area contributed by atoms with E-state index >= 15 is 0 Å². The van der Waals surface area contributed by atoms with Crippen LogP contribution in [-0.4, -0.2) is 37.6 Å². The number of hydrogen-bond donors (Lipinski definition) is 3. The average Bonchev–Trinajstić information content (AvgIpc) is 3.18. The van der Waals surface area contributed by atoms with Gasteiger partial charge in [-0.2, -0.15) is 0 Å². The van der Waals surface area contributed by atoms with Crippen LogP contribution in [0.2, 0.25) is 0 Å². The predicted molar refractivity (Wildman–Crippen MR) is 100 cm³/mol. The van der Waals surface area contributed by atoms with Gasteiger partial charge in [-0.05, 0) is 17.0 Å². The van der Waals surface area contributed by atoms with Gasteiger partial charge in [0.05, 0.1) is 13.7 Å². The summed E-state index contributed by atoms with van der Waals surface area (Å²) >= 11 is 1.53. The van der Waals surface area contributed by atoms with E-state index in [0.717, 1.165) is 20.9 Å². The van der Waals surface area contributed by atoms with Crippen molar-refractivity contribution in [2.45, 2.75) is 25.6 Å². The lowest BCUT2D eigenvalue weighted by Gasteiger charge is -2.31. The number of carbonyl (C=O) groups excluding carboxylic acids is 3. The molecule has 2 atom stereocenters. The minimum absolute atomic E-state index is 0.0144. The summed E-state index contributed by atoms with van der Waals surface area (Å²) in [5.41, 5.74) is 2.19. The van der Waals surface area contributed by atoms with E-state index in [0.29, 0.717) is 19.5 Å². The van der Waals surface area contributed by atoms with Crippen LogP contribution in [0.4, 0.5) is 4.79 Å². The molecule has 0 spiro atoms. The van der Waals surface area contributed by atoms with Crippen LogP contribution in [0.15, 0.2) is 41.8 Å². The van der Waals surface area contributed by atoms with Crippen molar-refractivity contribution in [1.29, 1.82) is 0 Å². The number of ether oxygens (including phenoxy) is 1. The summed E-state index contributed by atoms with van der Waals surface area (Å²) in [4.78, 5) is 38.2. The SMILES string of the molecule is COC(=O)[C@@H]1Cc2ccccc2C[NH+]1CC(=O)NC(=O)NCc1cccs1. The molecule has 3 amide bonds. The van der Waals surface area contributed by atoms with Crippen LogP contribution >= 0.6 is 11.3 Å². The lowest BCUT2D eigenvalue weighted by atomic mass is 9.94. The summed E-state index contributed by atoms with van der Waals surface area (Å²) in [6, 6.07) is 10.6. The number of nitrogens with one attached hydrogen (secondary N) is 3. The molecule has 0 bridgehead atoms. The molecule has 3 rings (SSSR count).